The third-order valence-electron chi connectivity index (χ3n) is 3.85. The fraction of sp³-hybridized carbons (Fsp3) is 0.143. The molecule has 0 fully saturated rings. The van der Waals surface area contributed by atoms with Gasteiger partial charge in [-0.3, -0.25) is 0 Å². The largest absolute Gasteiger partial charge is 0.507 e. The number of benzene rings is 3. The zero-order valence-corrected chi connectivity index (χ0v) is 15.4. The summed E-state index contributed by atoms with van der Waals surface area (Å²) in [5.41, 5.74) is 3.39. The van der Waals surface area contributed by atoms with Crippen LogP contribution in [0.3, 0.4) is 0 Å². The standard InChI is InChI=1S/C21H20BrNO2/c22-20-14-18(8-11-21(20)24)17-6-9-19(10-7-17)25-13-12-23-15-16-4-2-1-3-5-16/h1-11,14,23-24H,12-13,15H2. The Morgan fingerprint density at radius 1 is 0.880 bits per heavy atom. The molecule has 4 heteroatoms. The van der Waals surface area contributed by atoms with E-state index in [0.717, 1.165) is 30.0 Å². The van der Waals surface area contributed by atoms with Crippen LogP contribution >= 0.6 is 15.9 Å². The molecule has 0 heterocycles. The Kier molecular flexibility index (Phi) is 6.09. The Labute approximate surface area is 156 Å². The van der Waals surface area contributed by atoms with Gasteiger partial charge in [0.15, 0.2) is 0 Å². The molecule has 3 aromatic carbocycles. The van der Waals surface area contributed by atoms with Crippen molar-refractivity contribution in [3.8, 4) is 22.6 Å². The highest BCUT2D eigenvalue weighted by Gasteiger charge is 2.03. The Hall–Kier alpha value is -2.30. The van der Waals surface area contributed by atoms with E-state index in [9.17, 15) is 5.11 Å². The lowest BCUT2D eigenvalue weighted by atomic mass is 10.1. The van der Waals surface area contributed by atoms with E-state index in [4.69, 9.17) is 4.74 Å². The average Bonchev–Trinajstić information content (AvgIpc) is 2.65. The minimum absolute atomic E-state index is 0.242. The first kappa shape index (κ1) is 17.5. The second kappa shape index (κ2) is 8.70. The molecule has 0 aliphatic rings. The Balaban J connectivity index is 1.47. The van der Waals surface area contributed by atoms with E-state index in [1.54, 1.807) is 6.07 Å². The number of aromatic hydroxyl groups is 1. The van der Waals surface area contributed by atoms with Crippen LogP contribution in [0, 0.1) is 0 Å². The molecule has 3 nitrogen and oxygen atoms in total. The number of phenols is 1. The highest BCUT2D eigenvalue weighted by Crippen LogP contribution is 2.30. The summed E-state index contributed by atoms with van der Waals surface area (Å²) < 4.78 is 6.46. The van der Waals surface area contributed by atoms with E-state index < -0.39 is 0 Å². The molecule has 3 aromatic rings. The van der Waals surface area contributed by atoms with E-state index in [-0.39, 0.29) is 5.75 Å². The van der Waals surface area contributed by atoms with Gasteiger partial charge < -0.3 is 15.2 Å². The smallest absolute Gasteiger partial charge is 0.129 e. The van der Waals surface area contributed by atoms with Crippen LogP contribution < -0.4 is 10.1 Å². The summed E-state index contributed by atoms with van der Waals surface area (Å²) in [7, 11) is 0. The van der Waals surface area contributed by atoms with Crippen molar-refractivity contribution >= 4 is 15.9 Å². The molecule has 0 saturated heterocycles. The van der Waals surface area contributed by atoms with Gasteiger partial charge in [-0.25, -0.2) is 0 Å². The SMILES string of the molecule is Oc1ccc(-c2ccc(OCCNCc3ccccc3)cc2)cc1Br. The monoisotopic (exact) mass is 397 g/mol. The van der Waals surface area contributed by atoms with Crippen molar-refractivity contribution < 1.29 is 9.84 Å². The minimum atomic E-state index is 0.242. The summed E-state index contributed by atoms with van der Waals surface area (Å²) in [6.07, 6.45) is 0. The highest BCUT2D eigenvalue weighted by atomic mass is 79.9. The van der Waals surface area contributed by atoms with Gasteiger partial charge in [0.05, 0.1) is 4.47 Å². The van der Waals surface area contributed by atoms with Gasteiger partial charge in [-0.15, -0.1) is 0 Å². The van der Waals surface area contributed by atoms with Crippen LogP contribution in [0.25, 0.3) is 11.1 Å². The van der Waals surface area contributed by atoms with Gasteiger partial charge in [0.25, 0.3) is 0 Å². The normalized spacial score (nSPS) is 10.6. The predicted molar refractivity (Wildman–Crippen MR) is 105 cm³/mol. The maximum absolute atomic E-state index is 9.58. The molecular formula is C21H20BrNO2. The summed E-state index contributed by atoms with van der Waals surface area (Å²) in [5.74, 6) is 1.09. The first-order valence-corrected chi connectivity index (χ1v) is 8.98. The third kappa shape index (κ3) is 5.08. The van der Waals surface area contributed by atoms with Crippen LogP contribution in [0.1, 0.15) is 5.56 Å². The van der Waals surface area contributed by atoms with Gasteiger partial charge in [0, 0.05) is 13.1 Å². The zero-order chi connectivity index (χ0) is 17.5. The maximum Gasteiger partial charge on any atom is 0.129 e. The van der Waals surface area contributed by atoms with Crippen molar-refractivity contribution in [2.24, 2.45) is 0 Å². The molecule has 0 radical (unpaired) electrons. The molecule has 2 N–H and O–H groups in total. The van der Waals surface area contributed by atoms with Crippen molar-refractivity contribution in [2.45, 2.75) is 6.54 Å². The van der Waals surface area contributed by atoms with E-state index in [1.165, 1.54) is 5.56 Å². The number of hydrogen-bond donors (Lipinski definition) is 2. The third-order valence-corrected chi connectivity index (χ3v) is 4.49. The van der Waals surface area contributed by atoms with Gasteiger partial charge in [-0.2, -0.15) is 0 Å². The Morgan fingerprint density at radius 3 is 2.32 bits per heavy atom. The maximum atomic E-state index is 9.58. The Bertz CT molecular complexity index is 804. The first-order valence-electron chi connectivity index (χ1n) is 8.19. The Morgan fingerprint density at radius 2 is 1.60 bits per heavy atom. The fourth-order valence-electron chi connectivity index (χ4n) is 2.50. The number of halogens is 1. The van der Waals surface area contributed by atoms with E-state index in [2.05, 4.69) is 33.4 Å². The van der Waals surface area contributed by atoms with Crippen LogP contribution in [0.5, 0.6) is 11.5 Å². The van der Waals surface area contributed by atoms with Gasteiger partial charge in [0.2, 0.25) is 0 Å². The van der Waals surface area contributed by atoms with E-state index in [0.29, 0.717) is 11.1 Å². The van der Waals surface area contributed by atoms with Crippen molar-refractivity contribution in [1.82, 2.24) is 5.32 Å². The number of nitrogens with one attached hydrogen (secondary N) is 1. The highest BCUT2D eigenvalue weighted by molar-refractivity contribution is 9.10. The summed E-state index contributed by atoms with van der Waals surface area (Å²) in [6.45, 7) is 2.26. The quantitative estimate of drug-likeness (QED) is 0.551. The summed E-state index contributed by atoms with van der Waals surface area (Å²) >= 11 is 3.34. The first-order chi connectivity index (χ1) is 12.2. The van der Waals surface area contributed by atoms with E-state index in [1.807, 2.05) is 54.6 Å². The topological polar surface area (TPSA) is 41.5 Å². The van der Waals surface area contributed by atoms with Gasteiger partial charge in [-0.1, -0.05) is 48.5 Å². The van der Waals surface area contributed by atoms with Crippen molar-refractivity contribution in [3.63, 3.8) is 0 Å². The van der Waals surface area contributed by atoms with Crippen LogP contribution in [0.4, 0.5) is 0 Å². The molecule has 128 valence electrons. The van der Waals surface area contributed by atoms with Gasteiger partial charge in [0.1, 0.15) is 18.1 Å². The molecule has 0 atom stereocenters. The molecule has 25 heavy (non-hydrogen) atoms. The second-order valence-corrected chi connectivity index (χ2v) is 6.56. The number of rotatable bonds is 7. The molecular weight excluding hydrogens is 378 g/mol. The minimum Gasteiger partial charge on any atom is -0.507 e. The van der Waals surface area contributed by atoms with Crippen LogP contribution in [0.2, 0.25) is 0 Å². The lowest BCUT2D eigenvalue weighted by Gasteiger charge is -2.09. The molecule has 0 saturated carbocycles. The number of ether oxygens (including phenoxy) is 1. The summed E-state index contributed by atoms with van der Waals surface area (Å²) in [6, 6.07) is 23.8. The van der Waals surface area contributed by atoms with Gasteiger partial charge in [-0.05, 0) is 56.9 Å². The van der Waals surface area contributed by atoms with Crippen LogP contribution in [-0.4, -0.2) is 18.3 Å². The van der Waals surface area contributed by atoms with Crippen molar-refractivity contribution in [1.29, 1.82) is 0 Å². The number of hydrogen-bond acceptors (Lipinski definition) is 3. The van der Waals surface area contributed by atoms with E-state index >= 15 is 0 Å². The summed E-state index contributed by atoms with van der Waals surface area (Å²) in [5, 5.41) is 12.9. The molecule has 3 rings (SSSR count). The molecule has 0 aliphatic carbocycles. The van der Waals surface area contributed by atoms with Gasteiger partial charge >= 0.3 is 0 Å². The molecule has 0 spiro atoms. The second-order valence-electron chi connectivity index (χ2n) is 5.70. The average molecular weight is 398 g/mol. The summed E-state index contributed by atoms with van der Waals surface area (Å²) in [4.78, 5) is 0. The van der Waals surface area contributed by atoms with Crippen molar-refractivity contribution in [2.75, 3.05) is 13.2 Å². The zero-order valence-electron chi connectivity index (χ0n) is 13.8. The molecule has 0 bridgehead atoms. The number of phenolic OH excluding ortho intramolecular Hbond substituents is 1. The fourth-order valence-corrected chi connectivity index (χ4v) is 2.88. The van der Waals surface area contributed by atoms with Crippen LogP contribution in [-0.2, 0) is 6.54 Å². The molecule has 0 aliphatic heterocycles. The molecule has 0 unspecified atom stereocenters. The van der Waals surface area contributed by atoms with Crippen LogP contribution in [0.15, 0.2) is 77.3 Å². The van der Waals surface area contributed by atoms with Crippen molar-refractivity contribution in [3.05, 3.63) is 82.8 Å². The predicted octanol–water partition coefficient (Wildman–Crippen LogP) is 4.99. The molecule has 0 amide bonds. The lowest BCUT2D eigenvalue weighted by Crippen LogP contribution is -2.20. The molecule has 0 aromatic heterocycles. The lowest BCUT2D eigenvalue weighted by molar-refractivity contribution is 0.313.